The van der Waals surface area contributed by atoms with E-state index in [1.54, 1.807) is 6.07 Å². The van der Waals surface area contributed by atoms with E-state index in [2.05, 4.69) is 40.8 Å². The number of nitrogen functional groups attached to an aromatic ring is 1. The summed E-state index contributed by atoms with van der Waals surface area (Å²) >= 11 is 6.05. The van der Waals surface area contributed by atoms with Gasteiger partial charge in [-0.05, 0) is 37.1 Å². The highest BCUT2D eigenvalue weighted by atomic mass is 35.5. The normalized spacial score (nSPS) is 11.1. The molecule has 5 heteroatoms. The number of benzene rings is 1. The molecule has 0 aliphatic heterocycles. The molecule has 0 atom stereocenters. The Morgan fingerprint density at radius 1 is 1.29 bits per heavy atom. The van der Waals surface area contributed by atoms with Gasteiger partial charge in [0.15, 0.2) is 0 Å². The second kappa shape index (κ2) is 6.85. The molecule has 0 radical (unpaired) electrons. The van der Waals surface area contributed by atoms with Crippen LogP contribution in [0.1, 0.15) is 38.4 Å². The molecule has 1 aromatic heterocycles. The zero-order valence-corrected chi connectivity index (χ0v) is 13.6. The lowest BCUT2D eigenvalue weighted by Crippen LogP contribution is -2.18. The molecular formula is C16H23ClN4. The van der Waals surface area contributed by atoms with Gasteiger partial charge in [0.05, 0.1) is 29.7 Å². The smallest absolute Gasteiger partial charge is 0.0817 e. The summed E-state index contributed by atoms with van der Waals surface area (Å²) < 4.78 is 2.06. The van der Waals surface area contributed by atoms with E-state index in [1.165, 1.54) is 0 Å². The molecule has 2 rings (SSSR count). The Morgan fingerprint density at radius 2 is 2.00 bits per heavy atom. The highest BCUT2D eigenvalue weighted by molar-refractivity contribution is 6.31. The summed E-state index contributed by atoms with van der Waals surface area (Å²) in [5.41, 5.74) is 8.70. The molecule has 0 aliphatic carbocycles. The maximum absolute atomic E-state index is 6.05. The highest BCUT2D eigenvalue weighted by Gasteiger charge is 2.11. The van der Waals surface area contributed by atoms with E-state index in [-0.39, 0.29) is 0 Å². The van der Waals surface area contributed by atoms with Crippen molar-refractivity contribution in [3.8, 4) is 0 Å². The number of hydrogen-bond acceptors (Lipinski definition) is 3. The van der Waals surface area contributed by atoms with Crippen LogP contribution in [-0.2, 0) is 6.54 Å². The maximum atomic E-state index is 6.05. The minimum Gasteiger partial charge on any atom is -0.397 e. The van der Waals surface area contributed by atoms with E-state index in [1.807, 2.05) is 19.2 Å². The van der Waals surface area contributed by atoms with Crippen molar-refractivity contribution in [2.45, 2.75) is 39.3 Å². The summed E-state index contributed by atoms with van der Waals surface area (Å²) in [5, 5.41) is 5.36. The van der Waals surface area contributed by atoms with Crippen LogP contribution in [0.25, 0.3) is 0 Å². The zero-order valence-electron chi connectivity index (χ0n) is 12.9. The highest BCUT2D eigenvalue weighted by Crippen LogP contribution is 2.27. The largest absolute Gasteiger partial charge is 0.397 e. The average Bonchev–Trinajstić information content (AvgIpc) is 2.91. The van der Waals surface area contributed by atoms with Crippen molar-refractivity contribution in [3.63, 3.8) is 0 Å². The van der Waals surface area contributed by atoms with Gasteiger partial charge in [-0.1, -0.05) is 25.4 Å². The van der Waals surface area contributed by atoms with Crippen molar-refractivity contribution >= 4 is 23.0 Å². The number of rotatable bonds is 6. The zero-order chi connectivity index (χ0) is 15.4. The molecule has 21 heavy (non-hydrogen) atoms. The lowest BCUT2D eigenvalue weighted by molar-refractivity contribution is 0.425. The number of halogens is 1. The van der Waals surface area contributed by atoms with Crippen LogP contribution in [-0.4, -0.2) is 16.8 Å². The van der Waals surface area contributed by atoms with Crippen LogP contribution in [0.15, 0.2) is 30.5 Å². The molecule has 0 unspecified atom stereocenters. The van der Waals surface area contributed by atoms with Crippen LogP contribution in [0.2, 0.25) is 5.02 Å². The van der Waals surface area contributed by atoms with Crippen molar-refractivity contribution in [3.05, 3.63) is 41.2 Å². The monoisotopic (exact) mass is 306 g/mol. The number of nitrogens with two attached hydrogens (primary N) is 1. The van der Waals surface area contributed by atoms with E-state index in [9.17, 15) is 0 Å². The number of aromatic nitrogens is 2. The van der Waals surface area contributed by atoms with Crippen LogP contribution < -0.4 is 10.6 Å². The fraction of sp³-hybridized carbons (Fsp3) is 0.438. The first-order valence-electron chi connectivity index (χ1n) is 7.35. The van der Waals surface area contributed by atoms with E-state index < -0.39 is 0 Å². The number of anilines is 2. The summed E-state index contributed by atoms with van der Waals surface area (Å²) in [4.78, 5) is 2.07. The van der Waals surface area contributed by atoms with Gasteiger partial charge in [-0.2, -0.15) is 5.10 Å². The Labute approximate surface area is 131 Å². The summed E-state index contributed by atoms with van der Waals surface area (Å²) in [6.45, 7) is 5.08. The summed E-state index contributed by atoms with van der Waals surface area (Å²) in [7, 11) is 2.00. The van der Waals surface area contributed by atoms with E-state index in [0.717, 1.165) is 29.9 Å². The van der Waals surface area contributed by atoms with Crippen molar-refractivity contribution < 1.29 is 0 Å². The summed E-state index contributed by atoms with van der Waals surface area (Å²) in [5.74, 6) is 0. The molecule has 2 aromatic rings. The quantitative estimate of drug-likeness (QED) is 0.817. The van der Waals surface area contributed by atoms with Gasteiger partial charge in [-0.3, -0.25) is 4.68 Å². The number of hydrogen-bond donors (Lipinski definition) is 1. The molecule has 2 N–H and O–H groups in total. The predicted octanol–water partition coefficient (Wildman–Crippen LogP) is 4.12. The van der Waals surface area contributed by atoms with Gasteiger partial charge in [0, 0.05) is 18.3 Å². The van der Waals surface area contributed by atoms with E-state index in [4.69, 9.17) is 17.3 Å². The fourth-order valence-corrected chi connectivity index (χ4v) is 2.67. The van der Waals surface area contributed by atoms with Crippen LogP contribution in [0.4, 0.5) is 11.4 Å². The van der Waals surface area contributed by atoms with Gasteiger partial charge in [-0.25, -0.2) is 0 Å². The predicted molar refractivity (Wildman–Crippen MR) is 89.8 cm³/mol. The van der Waals surface area contributed by atoms with E-state index in [0.29, 0.717) is 17.6 Å². The van der Waals surface area contributed by atoms with Crippen molar-refractivity contribution in [2.75, 3.05) is 17.7 Å². The average molecular weight is 307 g/mol. The molecule has 0 spiro atoms. The van der Waals surface area contributed by atoms with E-state index >= 15 is 0 Å². The molecule has 0 saturated carbocycles. The van der Waals surface area contributed by atoms with Gasteiger partial charge < -0.3 is 10.6 Å². The number of nitrogens with zero attached hydrogens (tertiary/aromatic N) is 3. The lowest BCUT2D eigenvalue weighted by Gasteiger charge is -2.20. The minimum absolute atomic E-state index is 0.472. The van der Waals surface area contributed by atoms with Gasteiger partial charge >= 0.3 is 0 Å². The van der Waals surface area contributed by atoms with Crippen LogP contribution in [0.3, 0.4) is 0 Å². The Bertz CT molecular complexity index is 590. The second-order valence-electron chi connectivity index (χ2n) is 5.32. The summed E-state index contributed by atoms with van der Waals surface area (Å²) in [6.07, 6.45) is 4.24. The molecule has 1 heterocycles. The Kier molecular flexibility index (Phi) is 5.12. The molecule has 114 valence electrons. The van der Waals surface area contributed by atoms with Gasteiger partial charge in [0.1, 0.15) is 0 Å². The molecule has 0 aliphatic rings. The minimum atomic E-state index is 0.472. The first-order valence-corrected chi connectivity index (χ1v) is 7.73. The Hall–Kier alpha value is -1.68. The van der Waals surface area contributed by atoms with Crippen LogP contribution in [0.5, 0.6) is 0 Å². The SMILES string of the molecule is CCC(CC)n1ccc(CN(C)c2cc(Cl)ccc2N)n1. The molecule has 1 aromatic carbocycles. The molecule has 0 bridgehead atoms. The summed E-state index contributed by atoms with van der Waals surface area (Å²) in [6, 6.07) is 8.05. The standard InChI is InChI=1S/C16H23ClN4/c1-4-14(5-2)21-9-8-13(19-21)11-20(3)16-10-12(17)6-7-15(16)18/h6-10,14H,4-5,11,18H2,1-3H3. The van der Waals surface area contributed by atoms with Crippen LogP contribution in [0, 0.1) is 0 Å². The van der Waals surface area contributed by atoms with Crippen molar-refractivity contribution in [1.29, 1.82) is 0 Å². The molecule has 0 saturated heterocycles. The Balaban J connectivity index is 2.12. The van der Waals surface area contributed by atoms with Crippen LogP contribution >= 0.6 is 11.6 Å². The van der Waals surface area contributed by atoms with Crippen molar-refractivity contribution in [1.82, 2.24) is 9.78 Å². The lowest BCUT2D eigenvalue weighted by atomic mass is 10.2. The molecule has 0 amide bonds. The maximum Gasteiger partial charge on any atom is 0.0817 e. The third-order valence-corrected chi connectivity index (χ3v) is 4.02. The molecular weight excluding hydrogens is 284 g/mol. The molecule has 0 fully saturated rings. The topological polar surface area (TPSA) is 47.1 Å². The van der Waals surface area contributed by atoms with Gasteiger partial charge in [0.2, 0.25) is 0 Å². The van der Waals surface area contributed by atoms with Gasteiger partial charge in [0.25, 0.3) is 0 Å². The Morgan fingerprint density at radius 3 is 2.67 bits per heavy atom. The first-order chi connectivity index (χ1) is 10.0. The third-order valence-electron chi connectivity index (χ3n) is 3.78. The fourth-order valence-electron chi connectivity index (χ4n) is 2.50. The first kappa shape index (κ1) is 15.7. The molecule has 4 nitrogen and oxygen atoms in total. The third kappa shape index (κ3) is 3.70. The van der Waals surface area contributed by atoms with Gasteiger partial charge in [-0.15, -0.1) is 0 Å². The second-order valence-corrected chi connectivity index (χ2v) is 5.75. The van der Waals surface area contributed by atoms with Crippen molar-refractivity contribution in [2.24, 2.45) is 0 Å².